The van der Waals surface area contributed by atoms with Crippen molar-refractivity contribution in [3.8, 4) is 11.3 Å². The Hall–Kier alpha value is -6.97. The first kappa shape index (κ1) is 36.0. The first-order chi connectivity index (χ1) is 27.2. The average Bonchev–Trinajstić information content (AvgIpc) is 3.91. The molecule has 5 N–H and O–H groups in total. The van der Waals surface area contributed by atoms with Gasteiger partial charge in [0.15, 0.2) is 0 Å². The van der Waals surface area contributed by atoms with Crippen molar-refractivity contribution >= 4 is 58.3 Å². The Morgan fingerprint density at radius 2 is 1.73 bits per heavy atom. The van der Waals surface area contributed by atoms with Crippen molar-refractivity contribution in [2.45, 2.75) is 57.0 Å². The van der Waals surface area contributed by atoms with E-state index in [-0.39, 0.29) is 41.8 Å². The first-order valence-corrected chi connectivity index (χ1v) is 18.5. The molecule has 2 atom stereocenters. The van der Waals surface area contributed by atoms with Gasteiger partial charge in [-0.15, -0.1) is 0 Å². The number of pyridine rings is 1. The highest BCUT2D eigenvalue weighted by Gasteiger charge is 2.45. The molecule has 16 heteroatoms. The van der Waals surface area contributed by atoms with Crippen molar-refractivity contribution in [2.24, 2.45) is 0 Å². The van der Waals surface area contributed by atoms with E-state index in [1.54, 1.807) is 67.1 Å². The summed E-state index contributed by atoms with van der Waals surface area (Å²) in [6.45, 7) is 1.03. The van der Waals surface area contributed by atoms with Crippen LogP contribution in [-0.4, -0.2) is 83.7 Å². The second-order valence-corrected chi connectivity index (χ2v) is 13.9. The number of nitrogens with one attached hydrogen (secondary N) is 3. The Labute approximate surface area is 320 Å². The number of anilines is 3. The molecule has 3 aromatic heterocycles. The largest absolute Gasteiger partial charge is 0.384 e. The van der Waals surface area contributed by atoms with Gasteiger partial charge < -0.3 is 21.3 Å². The minimum absolute atomic E-state index is 0.00245. The van der Waals surface area contributed by atoms with Crippen LogP contribution in [0.25, 0.3) is 16.8 Å². The maximum Gasteiger partial charge on any atom is 0.264 e. The zero-order chi connectivity index (χ0) is 38.9. The van der Waals surface area contributed by atoms with Crippen LogP contribution in [0.1, 0.15) is 87.9 Å². The summed E-state index contributed by atoms with van der Waals surface area (Å²) in [4.78, 5) is 93.5. The maximum absolute atomic E-state index is 13.7. The number of carbonyl (C=O) groups is 6. The molecular formula is C40H38N10O6. The second kappa shape index (κ2) is 15.0. The molecule has 56 heavy (non-hydrogen) atoms. The van der Waals surface area contributed by atoms with Crippen LogP contribution in [0.3, 0.4) is 0 Å². The number of hydrogen-bond acceptors (Lipinski definition) is 11. The van der Waals surface area contributed by atoms with Gasteiger partial charge in [0.1, 0.15) is 34.7 Å². The van der Waals surface area contributed by atoms with Crippen LogP contribution >= 0.6 is 0 Å². The topological polar surface area (TPSA) is 214 Å². The van der Waals surface area contributed by atoms with E-state index in [9.17, 15) is 28.8 Å². The molecule has 3 aliphatic rings. The Morgan fingerprint density at radius 1 is 0.893 bits per heavy atom. The summed E-state index contributed by atoms with van der Waals surface area (Å²) >= 11 is 0. The summed E-state index contributed by atoms with van der Waals surface area (Å²) in [6.07, 6.45) is 8.15. The molecule has 0 spiro atoms. The summed E-state index contributed by atoms with van der Waals surface area (Å²) in [5, 5.41) is 8.24. The molecule has 8 rings (SSSR count). The number of unbranched alkanes of at least 4 members (excludes halogenated alkanes) is 1. The molecule has 0 radical (unpaired) electrons. The van der Waals surface area contributed by atoms with Gasteiger partial charge in [-0.05, 0) is 68.5 Å². The molecule has 2 aromatic carbocycles. The molecule has 0 bridgehead atoms. The molecule has 0 saturated carbocycles. The van der Waals surface area contributed by atoms with Gasteiger partial charge in [0.2, 0.25) is 17.7 Å². The number of nitrogens with two attached hydrogens (primary N) is 1. The smallest absolute Gasteiger partial charge is 0.264 e. The van der Waals surface area contributed by atoms with Crippen molar-refractivity contribution in [2.75, 3.05) is 29.5 Å². The third kappa shape index (κ3) is 6.69. The van der Waals surface area contributed by atoms with Crippen LogP contribution in [0.2, 0.25) is 0 Å². The monoisotopic (exact) mass is 754 g/mol. The highest BCUT2D eigenvalue weighted by atomic mass is 16.2. The summed E-state index contributed by atoms with van der Waals surface area (Å²) in [6, 6.07) is 15.9. The van der Waals surface area contributed by atoms with Crippen LogP contribution in [0.15, 0.2) is 79.3 Å². The molecule has 2 fully saturated rings. The van der Waals surface area contributed by atoms with Gasteiger partial charge >= 0.3 is 0 Å². The van der Waals surface area contributed by atoms with Gasteiger partial charge in [-0.3, -0.25) is 43.4 Å². The van der Waals surface area contributed by atoms with Gasteiger partial charge in [-0.25, -0.2) is 15.0 Å². The second-order valence-electron chi connectivity index (χ2n) is 13.9. The standard InChI is InChI=1S/C40H38N10O6/c41-35-34-33(23-12-14-24(15-13-23)37(53)45-29-10-1-3-19-43-29)47-36(49(34)22-20-44-35)27-9-6-21-48(27)31(52)11-2-4-18-42-26-8-5-7-25-32(26)40(56)50(39(25)55)28-16-17-30(51)46-38(28)54/h1,3,5,7-8,10,12-15,19-20,22,27-28,42H,2,4,6,9,11,16-18,21H2,(H2,41,44)(H,43,45,53)(H,46,51,54)/t27-,28?/m0/s1. The predicted molar refractivity (Wildman–Crippen MR) is 204 cm³/mol. The molecular weight excluding hydrogens is 717 g/mol. The number of benzene rings is 2. The summed E-state index contributed by atoms with van der Waals surface area (Å²) in [5.41, 5.74) is 9.68. The van der Waals surface area contributed by atoms with Crippen molar-refractivity contribution in [3.05, 3.63) is 102 Å². The van der Waals surface area contributed by atoms with Crippen LogP contribution in [0, 0.1) is 0 Å². The number of likely N-dealkylation sites (tertiary alicyclic amines) is 1. The Kier molecular flexibility index (Phi) is 9.68. The van der Waals surface area contributed by atoms with E-state index in [2.05, 4.69) is 25.9 Å². The third-order valence-electron chi connectivity index (χ3n) is 10.4. The molecule has 284 valence electrons. The molecule has 3 aliphatic heterocycles. The number of nitrogen functional groups attached to an aromatic ring is 1. The molecule has 6 heterocycles. The zero-order valence-corrected chi connectivity index (χ0v) is 30.2. The number of nitrogens with zero attached hydrogens (tertiary/aromatic N) is 6. The SMILES string of the molecule is Nc1nccn2c([C@@H]3CCCN3C(=O)CCCCNc3cccc4c3C(=O)N(C3CCC(=O)NC3=O)C4=O)nc(-c3ccc(C(=O)Nc4ccccn4)cc3)c12. The minimum Gasteiger partial charge on any atom is -0.384 e. The van der Waals surface area contributed by atoms with Gasteiger partial charge in [0.25, 0.3) is 17.7 Å². The maximum atomic E-state index is 13.7. The predicted octanol–water partition coefficient (Wildman–Crippen LogP) is 3.97. The molecule has 5 aromatic rings. The van der Waals surface area contributed by atoms with Crippen LogP contribution in [0.4, 0.5) is 17.3 Å². The number of fused-ring (bicyclic) bond motifs is 2. The Morgan fingerprint density at radius 3 is 2.52 bits per heavy atom. The number of imidazole rings is 1. The molecule has 6 amide bonds. The fourth-order valence-electron chi connectivity index (χ4n) is 7.69. The van der Waals surface area contributed by atoms with Gasteiger partial charge in [0.05, 0.1) is 17.2 Å². The van der Waals surface area contributed by atoms with Crippen molar-refractivity contribution in [1.82, 2.24) is 34.5 Å². The van der Waals surface area contributed by atoms with E-state index >= 15 is 0 Å². The number of imide groups is 2. The quantitative estimate of drug-likeness (QED) is 0.112. The van der Waals surface area contributed by atoms with E-state index in [1.807, 2.05) is 21.4 Å². The molecule has 2 saturated heterocycles. The minimum atomic E-state index is -1.04. The lowest BCUT2D eigenvalue weighted by Crippen LogP contribution is -2.54. The van der Waals surface area contributed by atoms with Crippen molar-refractivity contribution in [1.29, 1.82) is 0 Å². The Bertz CT molecular complexity index is 2400. The average molecular weight is 755 g/mol. The van der Waals surface area contributed by atoms with E-state index in [0.29, 0.717) is 72.3 Å². The third-order valence-corrected chi connectivity index (χ3v) is 10.4. The van der Waals surface area contributed by atoms with Crippen molar-refractivity contribution < 1.29 is 28.8 Å². The lowest BCUT2D eigenvalue weighted by atomic mass is 10.0. The van der Waals surface area contributed by atoms with Crippen LogP contribution < -0.4 is 21.7 Å². The number of hydrogen-bond donors (Lipinski definition) is 4. The fourth-order valence-corrected chi connectivity index (χ4v) is 7.69. The zero-order valence-electron chi connectivity index (χ0n) is 30.2. The number of amides is 6. The van der Waals surface area contributed by atoms with Crippen LogP contribution in [0.5, 0.6) is 0 Å². The summed E-state index contributed by atoms with van der Waals surface area (Å²) < 4.78 is 1.89. The fraction of sp³-hybridized carbons (Fsp3) is 0.275. The normalized spacial score (nSPS) is 18.0. The highest BCUT2D eigenvalue weighted by Crippen LogP contribution is 2.37. The van der Waals surface area contributed by atoms with Crippen molar-refractivity contribution in [3.63, 3.8) is 0 Å². The molecule has 0 aliphatic carbocycles. The number of aromatic nitrogens is 4. The van der Waals surface area contributed by atoms with Gasteiger partial charge in [0, 0.05) is 61.3 Å². The van der Waals surface area contributed by atoms with E-state index in [4.69, 9.17) is 10.7 Å². The summed E-state index contributed by atoms with van der Waals surface area (Å²) in [5.74, 6) is -1.11. The first-order valence-electron chi connectivity index (χ1n) is 18.5. The lowest BCUT2D eigenvalue weighted by molar-refractivity contribution is -0.136. The number of rotatable bonds is 11. The van der Waals surface area contributed by atoms with Gasteiger partial charge in [-0.2, -0.15) is 0 Å². The van der Waals surface area contributed by atoms with E-state index < -0.39 is 29.7 Å². The molecule has 16 nitrogen and oxygen atoms in total. The highest BCUT2D eigenvalue weighted by molar-refractivity contribution is 6.25. The number of carbonyl (C=O) groups excluding carboxylic acids is 6. The van der Waals surface area contributed by atoms with Crippen LogP contribution in [-0.2, 0) is 14.4 Å². The lowest BCUT2D eigenvalue weighted by Gasteiger charge is -2.27. The molecule has 1 unspecified atom stereocenters. The van der Waals surface area contributed by atoms with E-state index in [1.165, 1.54) is 0 Å². The summed E-state index contributed by atoms with van der Waals surface area (Å²) in [7, 11) is 0. The van der Waals surface area contributed by atoms with E-state index in [0.717, 1.165) is 23.3 Å². The van der Waals surface area contributed by atoms with Gasteiger partial charge in [-0.1, -0.05) is 24.3 Å². The Balaban J connectivity index is 0.911. The number of piperidine rings is 1.